The Morgan fingerprint density at radius 3 is 3.00 bits per heavy atom. The molecule has 1 N–H and O–H groups in total. The number of carbonyl (C=O) groups is 1. The van der Waals surface area contributed by atoms with Crippen LogP contribution in [0.2, 0.25) is 0 Å². The molecule has 0 aliphatic heterocycles. The lowest BCUT2D eigenvalue weighted by atomic mass is 10.2. The van der Waals surface area contributed by atoms with E-state index < -0.39 is 0 Å². The Hall–Kier alpha value is -1.68. The molecule has 0 bridgehead atoms. The molecule has 1 amide bonds. The summed E-state index contributed by atoms with van der Waals surface area (Å²) >= 11 is 0. The number of rotatable bonds is 5. The van der Waals surface area contributed by atoms with E-state index in [0.717, 1.165) is 5.56 Å². The molecule has 0 aliphatic carbocycles. The molecule has 1 aromatic heterocycles. The Morgan fingerprint density at radius 1 is 1.67 bits per heavy atom. The van der Waals surface area contributed by atoms with E-state index in [9.17, 15) is 4.79 Å². The Bertz CT molecular complexity index is 325. The summed E-state index contributed by atoms with van der Waals surface area (Å²) in [7, 11) is 0. The van der Waals surface area contributed by atoms with E-state index in [-0.39, 0.29) is 12.5 Å². The van der Waals surface area contributed by atoms with Crippen molar-refractivity contribution in [3.8, 4) is 0 Å². The lowest BCUT2D eigenvalue weighted by Crippen LogP contribution is -2.31. The third-order valence-electron chi connectivity index (χ3n) is 1.95. The maximum atomic E-state index is 11.4. The molecule has 0 aromatic carbocycles. The van der Waals surface area contributed by atoms with Crippen LogP contribution in [0.5, 0.6) is 0 Å². The second-order valence-corrected chi connectivity index (χ2v) is 3.05. The Balaban J connectivity index is 2.66. The van der Waals surface area contributed by atoms with Gasteiger partial charge in [-0.1, -0.05) is 12.6 Å². The van der Waals surface area contributed by atoms with Crippen LogP contribution in [0, 0.1) is 0 Å². The lowest BCUT2D eigenvalue weighted by molar-refractivity contribution is -0.127. The van der Waals surface area contributed by atoms with E-state index >= 15 is 0 Å². The summed E-state index contributed by atoms with van der Waals surface area (Å²) in [6.07, 6.45) is 4.61. The molecule has 0 aliphatic rings. The Labute approximate surface area is 88.9 Å². The summed E-state index contributed by atoms with van der Waals surface area (Å²) in [6, 6.07) is 3.69. The van der Waals surface area contributed by atoms with Gasteiger partial charge in [-0.15, -0.1) is 0 Å². The SMILES string of the molecule is C=CC(=O)N(CCO)Cc1cccnc1. The van der Waals surface area contributed by atoms with Gasteiger partial charge in [-0.2, -0.15) is 0 Å². The molecule has 1 aromatic rings. The molecule has 0 spiro atoms. The van der Waals surface area contributed by atoms with Crippen LogP contribution in [0.1, 0.15) is 5.56 Å². The van der Waals surface area contributed by atoms with E-state index in [1.165, 1.54) is 11.0 Å². The van der Waals surface area contributed by atoms with Crippen molar-refractivity contribution >= 4 is 5.91 Å². The van der Waals surface area contributed by atoms with Crippen LogP contribution in [-0.4, -0.2) is 34.0 Å². The van der Waals surface area contributed by atoms with Crippen molar-refractivity contribution in [2.75, 3.05) is 13.2 Å². The number of pyridine rings is 1. The van der Waals surface area contributed by atoms with Crippen molar-refractivity contribution in [3.05, 3.63) is 42.7 Å². The third kappa shape index (κ3) is 3.52. The number of carbonyl (C=O) groups excluding carboxylic acids is 1. The van der Waals surface area contributed by atoms with Crippen molar-refractivity contribution in [2.45, 2.75) is 6.54 Å². The first-order valence-electron chi connectivity index (χ1n) is 4.69. The highest BCUT2D eigenvalue weighted by molar-refractivity contribution is 5.86. The zero-order valence-corrected chi connectivity index (χ0v) is 8.47. The van der Waals surface area contributed by atoms with E-state index in [1.54, 1.807) is 12.4 Å². The number of nitrogens with zero attached hydrogens (tertiary/aromatic N) is 2. The van der Waals surface area contributed by atoms with Crippen LogP contribution < -0.4 is 0 Å². The van der Waals surface area contributed by atoms with E-state index in [4.69, 9.17) is 5.11 Å². The number of aliphatic hydroxyl groups is 1. The van der Waals surface area contributed by atoms with Crippen LogP contribution in [0.15, 0.2) is 37.2 Å². The van der Waals surface area contributed by atoms with Gasteiger partial charge in [0.1, 0.15) is 0 Å². The number of aromatic nitrogens is 1. The smallest absolute Gasteiger partial charge is 0.246 e. The molecule has 0 atom stereocenters. The molecule has 4 heteroatoms. The summed E-state index contributed by atoms with van der Waals surface area (Å²) in [5.41, 5.74) is 0.932. The minimum Gasteiger partial charge on any atom is -0.395 e. The monoisotopic (exact) mass is 206 g/mol. The molecule has 0 radical (unpaired) electrons. The predicted molar refractivity (Wildman–Crippen MR) is 56.9 cm³/mol. The fraction of sp³-hybridized carbons (Fsp3) is 0.273. The number of hydrogen-bond donors (Lipinski definition) is 1. The molecule has 0 fully saturated rings. The predicted octanol–water partition coefficient (Wildman–Crippen LogP) is 0.589. The molecular formula is C11H14N2O2. The topological polar surface area (TPSA) is 53.4 Å². The van der Waals surface area contributed by atoms with Crippen LogP contribution >= 0.6 is 0 Å². The van der Waals surface area contributed by atoms with Gasteiger partial charge in [-0.05, 0) is 17.7 Å². The molecular weight excluding hydrogens is 192 g/mol. The van der Waals surface area contributed by atoms with E-state index in [0.29, 0.717) is 13.1 Å². The lowest BCUT2D eigenvalue weighted by Gasteiger charge is -2.19. The standard InChI is InChI=1S/C11H14N2O2/c1-2-11(15)13(6-7-14)9-10-4-3-5-12-8-10/h2-5,8,14H,1,6-7,9H2. The highest BCUT2D eigenvalue weighted by Crippen LogP contribution is 2.03. The van der Waals surface area contributed by atoms with Crippen molar-refractivity contribution in [3.63, 3.8) is 0 Å². The number of aliphatic hydroxyl groups excluding tert-OH is 1. The zero-order chi connectivity index (χ0) is 11.1. The molecule has 80 valence electrons. The Kier molecular flexibility index (Phi) is 4.50. The minimum absolute atomic E-state index is 0.0557. The Morgan fingerprint density at radius 2 is 2.47 bits per heavy atom. The summed E-state index contributed by atoms with van der Waals surface area (Å²) < 4.78 is 0. The van der Waals surface area contributed by atoms with Crippen LogP contribution in [0.3, 0.4) is 0 Å². The molecule has 0 saturated carbocycles. The molecule has 1 rings (SSSR count). The normalized spacial score (nSPS) is 9.67. The van der Waals surface area contributed by atoms with Gasteiger partial charge in [0.25, 0.3) is 0 Å². The van der Waals surface area contributed by atoms with Gasteiger partial charge in [0.15, 0.2) is 0 Å². The van der Waals surface area contributed by atoms with Gasteiger partial charge >= 0.3 is 0 Å². The van der Waals surface area contributed by atoms with E-state index in [2.05, 4.69) is 11.6 Å². The highest BCUT2D eigenvalue weighted by atomic mass is 16.3. The largest absolute Gasteiger partial charge is 0.395 e. The van der Waals surface area contributed by atoms with Crippen molar-refractivity contribution in [1.82, 2.24) is 9.88 Å². The highest BCUT2D eigenvalue weighted by Gasteiger charge is 2.09. The molecule has 0 unspecified atom stereocenters. The average molecular weight is 206 g/mol. The average Bonchev–Trinajstić information content (AvgIpc) is 2.29. The van der Waals surface area contributed by atoms with Crippen molar-refractivity contribution < 1.29 is 9.90 Å². The third-order valence-corrected chi connectivity index (χ3v) is 1.95. The summed E-state index contributed by atoms with van der Waals surface area (Å²) in [5, 5.41) is 8.82. The first-order chi connectivity index (χ1) is 7.27. The second-order valence-electron chi connectivity index (χ2n) is 3.05. The van der Waals surface area contributed by atoms with Crippen LogP contribution in [-0.2, 0) is 11.3 Å². The van der Waals surface area contributed by atoms with Gasteiger partial charge in [0.05, 0.1) is 6.61 Å². The summed E-state index contributed by atoms with van der Waals surface area (Å²) in [4.78, 5) is 16.9. The first-order valence-corrected chi connectivity index (χ1v) is 4.69. The van der Waals surface area contributed by atoms with Gasteiger partial charge in [-0.3, -0.25) is 9.78 Å². The quantitative estimate of drug-likeness (QED) is 0.717. The fourth-order valence-corrected chi connectivity index (χ4v) is 1.23. The first kappa shape index (κ1) is 11.4. The zero-order valence-electron chi connectivity index (χ0n) is 8.47. The number of amides is 1. The fourth-order valence-electron chi connectivity index (χ4n) is 1.23. The van der Waals surface area contributed by atoms with Crippen molar-refractivity contribution in [1.29, 1.82) is 0 Å². The maximum absolute atomic E-state index is 11.4. The van der Waals surface area contributed by atoms with Crippen LogP contribution in [0.25, 0.3) is 0 Å². The maximum Gasteiger partial charge on any atom is 0.246 e. The molecule has 15 heavy (non-hydrogen) atoms. The summed E-state index contributed by atoms with van der Waals surface area (Å²) in [6.45, 7) is 4.11. The molecule has 1 heterocycles. The minimum atomic E-state index is -0.187. The van der Waals surface area contributed by atoms with E-state index in [1.807, 2.05) is 12.1 Å². The van der Waals surface area contributed by atoms with Crippen molar-refractivity contribution in [2.24, 2.45) is 0 Å². The summed E-state index contributed by atoms with van der Waals surface area (Å²) in [5.74, 6) is -0.187. The molecule has 4 nitrogen and oxygen atoms in total. The van der Waals surface area contributed by atoms with Gasteiger partial charge < -0.3 is 10.0 Å². The number of hydrogen-bond acceptors (Lipinski definition) is 3. The van der Waals surface area contributed by atoms with Gasteiger partial charge in [0, 0.05) is 25.5 Å². The van der Waals surface area contributed by atoms with Gasteiger partial charge in [-0.25, -0.2) is 0 Å². The van der Waals surface area contributed by atoms with Gasteiger partial charge in [0.2, 0.25) is 5.91 Å². The molecule has 0 saturated heterocycles. The second kappa shape index (κ2) is 5.93. The van der Waals surface area contributed by atoms with Crippen LogP contribution in [0.4, 0.5) is 0 Å².